The normalized spacial score (nSPS) is 13.0. The van der Waals surface area contributed by atoms with Crippen LogP contribution < -0.4 is 15.8 Å². The second kappa shape index (κ2) is 9.95. The van der Waals surface area contributed by atoms with Crippen LogP contribution in [0.1, 0.15) is 25.3 Å². The molecule has 0 unspecified atom stereocenters. The van der Waals surface area contributed by atoms with Gasteiger partial charge in [0, 0.05) is 25.6 Å². The molecule has 25 heavy (non-hydrogen) atoms. The van der Waals surface area contributed by atoms with Crippen LogP contribution in [0.25, 0.3) is 0 Å². The van der Waals surface area contributed by atoms with E-state index in [1.165, 1.54) is 0 Å². The molecule has 6 nitrogen and oxygen atoms in total. The van der Waals surface area contributed by atoms with Crippen LogP contribution in [0.3, 0.4) is 0 Å². The maximum absolute atomic E-state index is 12.6. The third kappa shape index (κ3) is 8.04. The highest BCUT2D eigenvalue weighted by molar-refractivity contribution is 7.89. The minimum absolute atomic E-state index is 0. The second-order valence-corrected chi connectivity index (χ2v) is 7.00. The summed E-state index contributed by atoms with van der Waals surface area (Å²) in [7, 11) is -4.07. The monoisotopic (exact) mass is 403 g/mol. The molecule has 1 aromatic rings. The molecule has 0 aliphatic heterocycles. The van der Waals surface area contributed by atoms with Gasteiger partial charge in [-0.05, 0) is 31.5 Å². The number of carbonyl (C=O) groups is 1. The largest absolute Gasteiger partial charge is 0.416 e. The number of halogens is 4. The first kappa shape index (κ1) is 23.6. The molecule has 0 saturated heterocycles. The van der Waals surface area contributed by atoms with Crippen molar-refractivity contribution >= 4 is 28.3 Å². The average molecular weight is 404 g/mol. The van der Waals surface area contributed by atoms with Crippen molar-refractivity contribution in [2.45, 2.75) is 36.9 Å². The summed E-state index contributed by atoms with van der Waals surface area (Å²) in [6.07, 6.45) is -4.33. The van der Waals surface area contributed by atoms with Gasteiger partial charge in [0.1, 0.15) is 0 Å². The van der Waals surface area contributed by atoms with Crippen molar-refractivity contribution in [2.75, 3.05) is 13.1 Å². The van der Waals surface area contributed by atoms with E-state index in [9.17, 15) is 26.4 Å². The lowest BCUT2D eigenvalue weighted by Gasteiger charge is -2.12. The fourth-order valence-corrected chi connectivity index (χ4v) is 2.90. The Morgan fingerprint density at radius 3 is 2.52 bits per heavy atom. The summed E-state index contributed by atoms with van der Waals surface area (Å²) >= 11 is 0. The zero-order valence-electron chi connectivity index (χ0n) is 13.5. The number of alkyl halides is 3. The van der Waals surface area contributed by atoms with E-state index >= 15 is 0 Å². The molecule has 1 rings (SSSR count). The maximum atomic E-state index is 12.6. The van der Waals surface area contributed by atoms with Gasteiger partial charge in [0.25, 0.3) is 0 Å². The molecule has 0 aromatic heterocycles. The summed E-state index contributed by atoms with van der Waals surface area (Å²) in [6.45, 7) is 1.95. The van der Waals surface area contributed by atoms with Gasteiger partial charge in [-0.2, -0.15) is 13.2 Å². The lowest BCUT2D eigenvalue weighted by molar-refractivity contribution is -0.137. The summed E-state index contributed by atoms with van der Waals surface area (Å²) in [5.74, 6) is -0.272. The lowest BCUT2D eigenvalue weighted by atomic mass is 10.2. The van der Waals surface area contributed by atoms with Crippen molar-refractivity contribution in [3.8, 4) is 0 Å². The van der Waals surface area contributed by atoms with Crippen molar-refractivity contribution in [1.29, 1.82) is 0 Å². The molecule has 0 spiro atoms. The molecule has 144 valence electrons. The van der Waals surface area contributed by atoms with Gasteiger partial charge in [-0.1, -0.05) is 6.07 Å². The van der Waals surface area contributed by atoms with Crippen molar-refractivity contribution < 1.29 is 26.4 Å². The molecule has 0 heterocycles. The number of nitrogens with two attached hydrogens (primary N) is 1. The number of amides is 1. The van der Waals surface area contributed by atoms with E-state index in [2.05, 4.69) is 10.0 Å². The molecule has 0 saturated carbocycles. The molecule has 0 radical (unpaired) electrons. The molecular formula is C14H21ClF3N3O3S. The van der Waals surface area contributed by atoms with Gasteiger partial charge in [0.15, 0.2) is 0 Å². The number of nitrogens with one attached hydrogen (secondary N) is 2. The zero-order valence-corrected chi connectivity index (χ0v) is 15.1. The average Bonchev–Trinajstić information content (AvgIpc) is 2.50. The molecule has 11 heteroatoms. The van der Waals surface area contributed by atoms with E-state index in [0.29, 0.717) is 6.07 Å². The van der Waals surface area contributed by atoms with Crippen LogP contribution in [0.15, 0.2) is 29.2 Å². The first-order chi connectivity index (χ1) is 11.1. The highest BCUT2D eigenvalue weighted by atomic mass is 35.5. The Morgan fingerprint density at radius 2 is 1.96 bits per heavy atom. The van der Waals surface area contributed by atoms with E-state index in [-0.39, 0.29) is 50.3 Å². The number of benzene rings is 1. The van der Waals surface area contributed by atoms with Crippen LogP contribution in [-0.2, 0) is 21.0 Å². The Morgan fingerprint density at radius 1 is 1.32 bits per heavy atom. The second-order valence-electron chi connectivity index (χ2n) is 5.23. The smallest absolute Gasteiger partial charge is 0.352 e. The van der Waals surface area contributed by atoms with Gasteiger partial charge in [-0.15, -0.1) is 12.4 Å². The van der Waals surface area contributed by atoms with Gasteiger partial charge in [-0.3, -0.25) is 4.79 Å². The molecule has 4 N–H and O–H groups in total. The SMILES string of the molecule is C[C@@H](CN)NC(=O)CCCNS(=O)(=O)c1cccc(C(F)(F)F)c1.Cl. The van der Waals surface area contributed by atoms with Crippen molar-refractivity contribution in [2.24, 2.45) is 5.73 Å². The maximum Gasteiger partial charge on any atom is 0.416 e. The number of rotatable bonds is 8. The predicted octanol–water partition coefficient (Wildman–Crippen LogP) is 1.65. The van der Waals surface area contributed by atoms with E-state index in [0.717, 1.165) is 18.2 Å². The first-order valence-electron chi connectivity index (χ1n) is 7.22. The minimum atomic E-state index is -4.62. The topological polar surface area (TPSA) is 101 Å². The van der Waals surface area contributed by atoms with Crippen LogP contribution in [0.5, 0.6) is 0 Å². The number of carbonyl (C=O) groups excluding carboxylic acids is 1. The standard InChI is InChI=1S/C14H20F3N3O3S.ClH/c1-10(9-18)20-13(21)6-3-7-19-24(22,23)12-5-2-4-11(8-12)14(15,16)17;/h2,4-5,8,10,19H,3,6-7,9,18H2,1H3,(H,20,21);1H/t10-;/m0./s1. The van der Waals surface area contributed by atoms with Crippen LogP contribution in [-0.4, -0.2) is 33.5 Å². The van der Waals surface area contributed by atoms with E-state index < -0.39 is 26.7 Å². The summed E-state index contributed by atoms with van der Waals surface area (Å²) in [4.78, 5) is 11.0. The first-order valence-corrected chi connectivity index (χ1v) is 8.71. The number of sulfonamides is 1. The van der Waals surface area contributed by atoms with Gasteiger partial charge in [-0.25, -0.2) is 13.1 Å². The predicted molar refractivity (Wildman–Crippen MR) is 89.8 cm³/mol. The minimum Gasteiger partial charge on any atom is -0.352 e. The van der Waals surface area contributed by atoms with Crippen molar-refractivity contribution in [3.63, 3.8) is 0 Å². The Kier molecular flexibility index (Phi) is 9.41. The Labute approximate surface area is 150 Å². The Hall–Kier alpha value is -1.36. The van der Waals surface area contributed by atoms with Gasteiger partial charge in [0.2, 0.25) is 15.9 Å². The van der Waals surface area contributed by atoms with Gasteiger partial charge < -0.3 is 11.1 Å². The zero-order chi connectivity index (χ0) is 18.4. The van der Waals surface area contributed by atoms with E-state index in [1.54, 1.807) is 6.92 Å². The van der Waals surface area contributed by atoms with E-state index in [1.807, 2.05) is 0 Å². The highest BCUT2D eigenvalue weighted by Gasteiger charge is 2.31. The summed E-state index contributed by atoms with van der Waals surface area (Å²) in [5, 5.41) is 2.62. The fourth-order valence-electron chi connectivity index (χ4n) is 1.78. The van der Waals surface area contributed by atoms with Crippen LogP contribution in [0.4, 0.5) is 13.2 Å². The van der Waals surface area contributed by atoms with Gasteiger partial charge >= 0.3 is 6.18 Å². The van der Waals surface area contributed by atoms with E-state index in [4.69, 9.17) is 5.73 Å². The Balaban J connectivity index is 0.00000576. The van der Waals surface area contributed by atoms with Crippen LogP contribution in [0, 0.1) is 0 Å². The van der Waals surface area contributed by atoms with Gasteiger partial charge in [0.05, 0.1) is 10.5 Å². The molecule has 1 aromatic carbocycles. The third-order valence-electron chi connectivity index (χ3n) is 3.11. The van der Waals surface area contributed by atoms with Crippen LogP contribution >= 0.6 is 12.4 Å². The molecule has 0 aliphatic carbocycles. The fraction of sp³-hybridized carbons (Fsp3) is 0.500. The quantitative estimate of drug-likeness (QED) is 0.574. The van der Waals surface area contributed by atoms with Crippen molar-refractivity contribution in [1.82, 2.24) is 10.0 Å². The highest BCUT2D eigenvalue weighted by Crippen LogP contribution is 2.30. The van der Waals surface area contributed by atoms with Crippen LogP contribution in [0.2, 0.25) is 0 Å². The molecule has 0 fully saturated rings. The number of hydrogen-bond acceptors (Lipinski definition) is 4. The van der Waals surface area contributed by atoms with Crippen molar-refractivity contribution in [3.05, 3.63) is 29.8 Å². The molecule has 1 atom stereocenters. The number of hydrogen-bond donors (Lipinski definition) is 3. The molecular weight excluding hydrogens is 383 g/mol. The Bertz CT molecular complexity index is 669. The third-order valence-corrected chi connectivity index (χ3v) is 4.56. The lowest BCUT2D eigenvalue weighted by Crippen LogP contribution is -2.38. The molecule has 0 aliphatic rings. The summed E-state index contributed by atoms with van der Waals surface area (Å²) in [6, 6.07) is 3.28. The summed E-state index contributed by atoms with van der Waals surface area (Å²) in [5.41, 5.74) is 4.31. The molecule has 0 bridgehead atoms. The summed E-state index contributed by atoms with van der Waals surface area (Å²) < 4.78 is 64.0. The molecule has 1 amide bonds.